The number of amides is 1. The van der Waals surface area contributed by atoms with Gasteiger partial charge in [-0.3, -0.25) is 0 Å². The van der Waals surface area contributed by atoms with Crippen LogP contribution in [0.5, 0.6) is 0 Å². The van der Waals surface area contributed by atoms with Gasteiger partial charge in [-0.25, -0.2) is 9.78 Å². The van der Waals surface area contributed by atoms with Crippen LogP contribution in [0.1, 0.15) is 39.7 Å². The lowest BCUT2D eigenvalue weighted by Gasteiger charge is -2.38. The van der Waals surface area contributed by atoms with Crippen LogP contribution in [0.4, 0.5) is 10.6 Å². The number of likely N-dealkylation sites (tertiary alicyclic amines) is 1. The van der Waals surface area contributed by atoms with E-state index < -0.39 is 5.60 Å². The van der Waals surface area contributed by atoms with E-state index in [0.717, 1.165) is 6.42 Å². The van der Waals surface area contributed by atoms with Crippen LogP contribution in [0.3, 0.4) is 0 Å². The summed E-state index contributed by atoms with van der Waals surface area (Å²) in [6, 6.07) is 5.64. The van der Waals surface area contributed by atoms with Crippen LogP contribution in [0.25, 0.3) is 0 Å². The Morgan fingerprint density at radius 2 is 2.26 bits per heavy atom. The smallest absolute Gasteiger partial charge is 0.410 e. The molecule has 1 aromatic rings. The van der Waals surface area contributed by atoms with E-state index in [1.165, 1.54) is 0 Å². The van der Waals surface area contributed by atoms with Crippen LogP contribution in [-0.4, -0.2) is 40.7 Å². The molecule has 23 heavy (non-hydrogen) atoms. The monoisotopic (exact) mass is 316 g/mol. The first-order chi connectivity index (χ1) is 10.8. The number of nitrogens with one attached hydrogen (secondary N) is 1. The van der Waals surface area contributed by atoms with Gasteiger partial charge < -0.3 is 15.0 Å². The number of piperidine rings is 1. The molecule has 1 aromatic heterocycles. The number of carbonyl (C=O) groups is 1. The van der Waals surface area contributed by atoms with E-state index in [0.29, 0.717) is 30.4 Å². The average molecular weight is 316 g/mol. The molecule has 1 saturated heterocycles. The Labute approximate surface area is 137 Å². The van der Waals surface area contributed by atoms with Crippen molar-refractivity contribution in [1.29, 1.82) is 5.26 Å². The molecular weight excluding hydrogens is 292 g/mol. The third-order valence-electron chi connectivity index (χ3n) is 3.86. The van der Waals surface area contributed by atoms with E-state index in [4.69, 9.17) is 10.00 Å². The van der Waals surface area contributed by atoms with Crippen molar-refractivity contribution in [3.8, 4) is 6.07 Å². The first-order valence-electron chi connectivity index (χ1n) is 7.90. The highest BCUT2D eigenvalue weighted by molar-refractivity contribution is 5.68. The van der Waals surface area contributed by atoms with Gasteiger partial charge in [-0.2, -0.15) is 5.26 Å². The number of pyridine rings is 1. The number of nitrogens with zero attached hydrogens (tertiary/aromatic N) is 3. The Kier molecular flexibility index (Phi) is 5.09. The highest BCUT2D eigenvalue weighted by atomic mass is 16.6. The van der Waals surface area contributed by atoms with E-state index in [2.05, 4.69) is 23.3 Å². The lowest BCUT2D eigenvalue weighted by Crippen LogP contribution is -2.50. The number of anilines is 1. The van der Waals surface area contributed by atoms with Crippen molar-refractivity contribution in [1.82, 2.24) is 9.88 Å². The first kappa shape index (κ1) is 17.1. The van der Waals surface area contributed by atoms with Gasteiger partial charge in [0, 0.05) is 25.3 Å². The van der Waals surface area contributed by atoms with Crippen molar-refractivity contribution < 1.29 is 9.53 Å². The van der Waals surface area contributed by atoms with Crippen LogP contribution in [0, 0.1) is 17.2 Å². The number of nitriles is 1. The molecule has 2 atom stereocenters. The van der Waals surface area contributed by atoms with Gasteiger partial charge in [-0.1, -0.05) is 6.92 Å². The van der Waals surface area contributed by atoms with E-state index in [1.807, 2.05) is 20.8 Å². The molecule has 0 spiro atoms. The molecule has 2 heterocycles. The quantitative estimate of drug-likeness (QED) is 0.907. The zero-order valence-corrected chi connectivity index (χ0v) is 14.2. The van der Waals surface area contributed by atoms with E-state index in [9.17, 15) is 4.79 Å². The zero-order chi connectivity index (χ0) is 17.0. The summed E-state index contributed by atoms with van der Waals surface area (Å²) in [5.41, 5.74) is 0.00647. The second kappa shape index (κ2) is 6.86. The number of hydrogen-bond acceptors (Lipinski definition) is 5. The number of aromatic nitrogens is 1. The predicted molar refractivity (Wildman–Crippen MR) is 88.0 cm³/mol. The molecular formula is C17H24N4O2. The fourth-order valence-corrected chi connectivity index (χ4v) is 2.54. The van der Waals surface area contributed by atoms with Gasteiger partial charge in [0.15, 0.2) is 0 Å². The van der Waals surface area contributed by atoms with Crippen LogP contribution < -0.4 is 5.32 Å². The number of rotatable bonds is 2. The Morgan fingerprint density at radius 3 is 2.91 bits per heavy atom. The molecule has 6 nitrogen and oxygen atoms in total. The summed E-state index contributed by atoms with van der Waals surface area (Å²) in [5, 5.41) is 12.5. The normalized spacial score (nSPS) is 21.4. The summed E-state index contributed by atoms with van der Waals surface area (Å²) in [6.45, 7) is 8.94. The molecule has 1 N–H and O–H groups in total. The zero-order valence-electron chi connectivity index (χ0n) is 14.2. The maximum absolute atomic E-state index is 12.2. The van der Waals surface area contributed by atoms with Crippen LogP contribution in [0.15, 0.2) is 18.3 Å². The highest BCUT2D eigenvalue weighted by Crippen LogP contribution is 2.23. The second-order valence-corrected chi connectivity index (χ2v) is 6.95. The van der Waals surface area contributed by atoms with Crippen LogP contribution >= 0.6 is 0 Å². The molecule has 0 aromatic carbocycles. The molecule has 1 fully saturated rings. The summed E-state index contributed by atoms with van der Waals surface area (Å²) in [5.74, 6) is 0.945. The van der Waals surface area contributed by atoms with Gasteiger partial charge in [-0.05, 0) is 45.2 Å². The van der Waals surface area contributed by atoms with Gasteiger partial charge in [0.25, 0.3) is 0 Å². The maximum Gasteiger partial charge on any atom is 0.410 e. The third kappa shape index (κ3) is 4.59. The van der Waals surface area contributed by atoms with Crippen LogP contribution in [-0.2, 0) is 4.74 Å². The van der Waals surface area contributed by atoms with Gasteiger partial charge >= 0.3 is 6.09 Å². The highest BCUT2D eigenvalue weighted by Gasteiger charge is 2.31. The van der Waals surface area contributed by atoms with Gasteiger partial charge in [-0.15, -0.1) is 0 Å². The molecule has 6 heteroatoms. The van der Waals surface area contributed by atoms with Crippen LogP contribution in [0.2, 0.25) is 0 Å². The lowest BCUT2D eigenvalue weighted by molar-refractivity contribution is 0.0176. The molecule has 1 amide bonds. The van der Waals surface area contributed by atoms with Gasteiger partial charge in [0.1, 0.15) is 17.5 Å². The van der Waals surface area contributed by atoms with Crippen molar-refractivity contribution in [3.05, 3.63) is 23.9 Å². The number of hydrogen-bond donors (Lipinski definition) is 1. The molecule has 0 bridgehead atoms. The van der Waals surface area contributed by atoms with Crippen molar-refractivity contribution in [2.24, 2.45) is 5.92 Å². The van der Waals surface area contributed by atoms with E-state index >= 15 is 0 Å². The fraction of sp³-hybridized carbons (Fsp3) is 0.588. The van der Waals surface area contributed by atoms with Gasteiger partial charge in [0.05, 0.1) is 5.56 Å². The molecule has 0 radical (unpaired) electrons. The van der Waals surface area contributed by atoms with Crippen molar-refractivity contribution in [2.75, 3.05) is 18.4 Å². The summed E-state index contributed by atoms with van der Waals surface area (Å²) >= 11 is 0. The molecule has 0 aliphatic carbocycles. The lowest BCUT2D eigenvalue weighted by atomic mass is 9.93. The topological polar surface area (TPSA) is 78.2 Å². The Balaban J connectivity index is 2.07. The fourth-order valence-electron chi connectivity index (χ4n) is 2.54. The Hall–Kier alpha value is -2.29. The minimum Gasteiger partial charge on any atom is -0.444 e. The summed E-state index contributed by atoms with van der Waals surface area (Å²) in [4.78, 5) is 18.2. The van der Waals surface area contributed by atoms with Gasteiger partial charge in [0.2, 0.25) is 0 Å². The molecule has 1 aliphatic heterocycles. The molecule has 0 saturated carbocycles. The standard InChI is InChI=1S/C17H24N4O2/c1-12-7-9-21(16(22)23-17(2,3)4)11-14(12)20-15-13(10-18)6-5-8-19-15/h5-6,8,12,14H,7,9,11H2,1-4H3,(H,19,20). The average Bonchev–Trinajstić information content (AvgIpc) is 2.48. The summed E-state index contributed by atoms with van der Waals surface area (Å²) < 4.78 is 5.45. The van der Waals surface area contributed by atoms with E-state index in [1.54, 1.807) is 23.2 Å². The molecule has 2 unspecified atom stereocenters. The Bertz CT molecular complexity index is 603. The second-order valence-electron chi connectivity index (χ2n) is 6.95. The minimum absolute atomic E-state index is 0.0401. The number of ether oxygens (including phenoxy) is 1. The largest absolute Gasteiger partial charge is 0.444 e. The molecule has 2 rings (SSSR count). The van der Waals surface area contributed by atoms with Crippen molar-refractivity contribution in [2.45, 2.75) is 45.8 Å². The minimum atomic E-state index is -0.502. The Morgan fingerprint density at radius 1 is 1.52 bits per heavy atom. The predicted octanol–water partition coefficient (Wildman–Crippen LogP) is 3.01. The van der Waals surface area contributed by atoms with E-state index in [-0.39, 0.29) is 12.1 Å². The first-order valence-corrected chi connectivity index (χ1v) is 7.90. The SMILES string of the molecule is CC1CCN(C(=O)OC(C)(C)C)CC1Nc1ncccc1C#N. The third-order valence-corrected chi connectivity index (χ3v) is 3.86. The van der Waals surface area contributed by atoms with Crippen molar-refractivity contribution >= 4 is 11.9 Å². The number of carbonyl (C=O) groups excluding carboxylic acids is 1. The summed E-state index contributed by atoms with van der Waals surface area (Å²) in [7, 11) is 0. The van der Waals surface area contributed by atoms with Crippen molar-refractivity contribution in [3.63, 3.8) is 0 Å². The summed E-state index contributed by atoms with van der Waals surface area (Å²) in [6.07, 6.45) is 2.24. The molecule has 1 aliphatic rings. The molecule has 124 valence electrons. The maximum atomic E-state index is 12.2.